The molecule has 6 heterocycles. The molecule has 61 heavy (non-hydrogen) atoms. The van der Waals surface area contributed by atoms with Crippen LogP contribution >= 0.6 is 0 Å². The molecule has 2 unspecified atom stereocenters. The molecule has 0 spiro atoms. The third kappa shape index (κ3) is 8.66. The molecule has 8 nitrogen and oxygen atoms in total. The fourth-order valence-corrected chi connectivity index (χ4v) is 8.71. The Kier molecular flexibility index (Phi) is 10.9. The second-order valence-corrected chi connectivity index (χ2v) is 16.5. The van der Waals surface area contributed by atoms with Crippen LogP contribution in [0, 0.1) is 5.92 Å². The lowest BCUT2D eigenvalue weighted by molar-refractivity contribution is -0.134. The number of furan rings is 2. The van der Waals surface area contributed by atoms with Crippen molar-refractivity contribution in [3.8, 4) is 22.6 Å². The van der Waals surface area contributed by atoms with Crippen molar-refractivity contribution >= 4 is 49.3 Å². The number of hydrogen-bond acceptors (Lipinski definition) is 8. The molecule has 0 radical (unpaired) electrons. The van der Waals surface area contributed by atoms with Crippen LogP contribution in [0.25, 0.3) is 66.1 Å². The van der Waals surface area contributed by atoms with Gasteiger partial charge in [-0.3, -0.25) is 19.8 Å². The number of para-hydroxylation sites is 2. The van der Waals surface area contributed by atoms with Crippen molar-refractivity contribution < 1.29 is 31.2 Å². The minimum absolute atomic E-state index is 0.0509. The third-order valence-electron chi connectivity index (χ3n) is 11.9. The monoisotopic (exact) mass is 827 g/mol. The summed E-state index contributed by atoms with van der Waals surface area (Å²) in [4.78, 5) is 23.6. The van der Waals surface area contributed by atoms with Crippen LogP contribution in [0.1, 0.15) is 37.3 Å². The van der Waals surface area contributed by atoms with Crippen LogP contribution in [-0.4, -0.2) is 69.6 Å². The van der Waals surface area contributed by atoms with Gasteiger partial charge < -0.3 is 19.4 Å². The number of pyridine rings is 2. The number of carbonyl (C=O) groups excluding carboxylic acids is 1. The van der Waals surface area contributed by atoms with Gasteiger partial charge in [0.05, 0.1) is 19.1 Å². The van der Waals surface area contributed by atoms with E-state index in [-0.39, 0.29) is 25.3 Å². The molecule has 8 aromatic rings. The highest BCUT2D eigenvalue weighted by Gasteiger charge is 2.45. The highest BCUT2D eigenvalue weighted by Crippen LogP contribution is 2.38. The van der Waals surface area contributed by atoms with E-state index in [4.69, 9.17) is 14.6 Å². The van der Waals surface area contributed by atoms with Crippen molar-refractivity contribution in [2.75, 3.05) is 26.2 Å². The Morgan fingerprint density at radius 3 is 1.62 bits per heavy atom. The molecule has 12 heteroatoms. The molecular formula is C49H45F4N5O3. The molecule has 312 valence electrons. The molecule has 0 aliphatic carbocycles. The number of alkyl halides is 4. The lowest BCUT2D eigenvalue weighted by Gasteiger charge is -2.38. The molecule has 4 aromatic heterocycles. The smallest absolute Gasteiger partial charge is 0.275 e. The summed E-state index contributed by atoms with van der Waals surface area (Å²) in [5, 5.41) is 5.98. The van der Waals surface area contributed by atoms with Crippen molar-refractivity contribution in [2.24, 2.45) is 11.7 Å². The van der Waals surface area contributed by atoms with Crippen LogP contribution in [0.15, 0.2) is 131 Å². The molecule has 2 atom stereocenters. The number of carbonyl (C=O) groups is 1. The van der Waals surface area contributed by atoms with Gasteiger partial charge in [-0.1, -0.05) is 60.7 Å². The Balaban J connectivity index is 0.000000157. The van der Waals surface area contributed by atoms with E-state index >= 15 is 0 Å². The second-order valence-electron chi connectivity index (χ2n) is 16.5. The van der Waals surface area contributed by atoms with E-state index < -0.39 is 23.8 Å². The summed E-state index contributed by atoms with van der Waals surface area (Å²) in [5.74, 6) is -5.26. The summed E-state index contributed by atoms with van der Waals surface area (Å²) in [6, 6.07) is 30.6. The maximum absolute atomic E-state index is 14.6. The zero-order valence-electron chi connectivity index (χ0n) is 33.7. The topological polar surface area (TPSA) is 102 Å². The minimum Gasteiger partial charge on any atom is -0.456 e. The van der Waals surface area contributed by atoms with E-state index in [9.17, 15) is 22.4 Å². The number of Topliss-reactive ketones (excluding diaryl/α,β-unsaturated/α-hetero) is 1. The third-order valence-corrected chi connectivity index (χ3v) is 11.9. The van der Waals surface area contributed by atoms with Crippen molar-refractivity contribution in [1.29, 1.82) is 0 Å². The van der Waals surface area contributed by atoms with Gasteiger partial charge in [0, 0.05) is 89.4 Å². The number of hydrogen-bond donors (Lipinski definition) is 1. The summed E-state index contributed by atoms with van der Waals surface area (Å²) >= 11 is 0. The largest absolute Gasteiger partial charge is 0.456 e. The number of piperidine rings is 2. The number of rotatable bonds is 8. The fraction of sp³-hybridized carbons (Fsp3) is 0.286. The maximum atomic E-state index is 14.6. The number of nitrogens with zero attached hydrogens (tertiary/aromatic N) is 4. The molecule has 2 aliphatic rings. The van der Waals surface area contributed by atoms with E-state index in [0.717, 1.165) is 77.3 Å². The standard InChI is InChI=1S/C26H24F2N2O2.C23H21F2N3O/c1-17(31)10-21-8-9-30(16-26(21,27)28)15-18-6-7-20-13-29-14-23(22(20)11-18)25-12-19-4-2-3-5-24(19)32-25;24-23(25)14-28(8-7-22(23)26)13-15-5-6-17-11-27-12-19(18(17)9-15)21-10-16-3-1-2-4-20(16)29-21/h2-7,11-14,21H,8-10,15-16H2,1H3;1-6,9-12,22H,7-8,13-14,26H2. The number of aromatic nitrogens is 2. The van der Waals surface area contributed by atoms with Crippen molar-refractivity contribution in [3.63, 3.8) is 0 Å². The van der Waals surface area contributed by atoms with Crippen molar-refractivity contribution in [3.05, 3.63) is 133 Å². The highest BCUT2D eigenvalue weighted by molar-refractivity contribution is 5.98. The lowest BCUT2D eigenvalue weighted by atomic mass is 9.88. The SMILES string of the molecule is CC(=O)CC1CCN(Cc2ccc3cncc(-c4cc5ccccc5o4)c3c2)CC1(F)F.NC1CCN(Cc2ccc3cncc(-c4cc5ccccc5o4)c3c2)CC1(F)F. The van der Waals surface area contributed by atoms with E-state index in [1.165, 1.54) is 6.92 Å². The predicted octanol–water partition coefficient (Wildman–Crippen LogP) is 10.9. The zero-order chi connectivity index (χ0) is 42.3. The molecule has 0 bridgehead atoms. The molecular weight excluding hydrogens is 783 g/mol. The molecule has 2 fully saturated rings. The van der Waals surface area contributed by atoms with Crippen LogP contribution in [0.5, 0.6) is 0 Å². The van der Waals surface area contributed by atoms with Crippen LogP contribution in [0.3, 0.4) is 0 Å². The first-order valence-corrected chi connectivity index (χ1v) is 20.6. The van der Waals surface area contributed by atoms with Crippen LogP contribution < -0.4 is 5.73 Å². The number of ketones is 1. The molecule has 2 N–H and O–H groups in total. The Morgan fingerprint density at radius 1 is 0.656 bits per heavy atom. The fourth-order valence-electron chi connectivity index (χ4n) is 8.71. The van der Waals surface area contributed by atoms with Gasteiger partial charge in [0.1, 0.15) is 28.5 Å². The van der Waals surface area contributed by atoms with Gasteiger partial charge >= 0.3 is 0 Å². The first-order valence-electron chi connectivity index (χ1n) is 20.6. The maximum Gasteiger partial charge on any atom is 0.275 e. The number of fused-ring (bicyclic) bond motifs is 4. The molecule has 2 aliphatic heterocycles. The zero-order valence-corrected chi connectivity index (χ0v) is 33.7. The summed E-state index contributed by atoms with van der Waals surface area (Å²) < 4.78 is 69.3. The van der Waals surface area contributed by atoms with E-state index in [0.29, 0.717) is 39.0 Å². The lowest BCUT2D eigenvalue weighted by Crippen LogP contribution is -2.54. The van der Waals surface area contributed by atoms with Gasteiger partial charge in [0.15, 0.2) is 0 Å². The number of benzene rings is 4. The molecule has 0 amide bonds. The molecule has 4 aromatic carbocycles. The average molecular weight is 828 g/mol. The molecule has 0 saturated carbocycles. The van der Waals surface area contributed by atoms with Gasteiger partial charge in [-0.25, -0.2) is 17.6 Å². The minimum atomic E-state index is -2.86. The molecule has 2 saturated heterocycles. The number of nitrogens with two attached hydrogens (primary N) is 1. The number of likely N-dealkylation sites (tertiary alicyclic amines) is 2. The Morgan fingerprint density at radius 2 is 1.15 bits per heavy atom. The van der Waals surface area contributed by atoms with Gasteiger partial charge in [-0.15, -0.1) is 0 Å². The Hall–Kier alpha value is -5.95. The first-order chi connectivity index (χ1) is 29.4. The summed E-state index contributed by atoms with van der Waals surface area (Å²) in [7, 11) is 0. The molecule has 10 rings (SSSR count). The van der Waals surface area contributed by atoms with E-state index in [2.05, 4.69) is 9.97 Å². The van der Waals surface area contributed by atoms with Crippen LogP contribution in [0.4, 0.5) is 17.6 Å². The summed E-state index contributed by atoms with van der Waals surface area (Å²) in [6.07, 6.45) is 7.75. The van der Waals surface area contributed by atoms with E-state index in [1.807, 2.05) is 97.1 Å². The van der Waals surface area contributed by atoms with Crippen LogP contribution in [0.2, 0.25) is 0 Å². The van der Waals surface area contributed by atoms with Crippen molar-refractivity contribution in [1.82, 2.24) is 19.8 Å². The quantitative estimate of drug-likeness (QED) is 0.151. The van der Waals surface area contributed by atoms with Gasteiger partial charge in [-0.05, 0) is 84.6 Å². The average Bonchev–Trinajstić information content (AvgIpc) is 3.88. The van der Waals surface area contributed by atoms with Gasteiger partial charge in [0.25, 0.3) is 11.8 Å². The van der Waals surface area contributed by atoms with Gasteiger partial charge in [0.2, 0.25) is 0 Å². The normalized spacial score (nSPS) is 19.3. The number of halogens is 4. The van der Waals surface area contributed by atoms with Crippen LogP contribution in [-0.2, 0) is 17.9 Å². The van der Waals surface area contributed by atoms with Crippen molar-refractivity contribution in [2.45, 2.75) is 57.2 Å². The Labute approximate surface area is 350 Å². The Bertz CT molecular complexity index is 2810. The summed E-state index contributed by atoms with van der Waals surface area (Å²) in [5.41, 5.74) is 10.9. The summed E-state index contributed by atoms with van der Waals surface area (Å²) in [6.45, 7) is 2.76. The first kappa shape index (κ1) is 40.5. The predicted molar refractivity (Wildman–Crippen MR) is 230 cm³/mol. The van der Waals surface area contributed by atoms with Gasteiger partial charge in [-0.2, -0.15) is 0 Å². The highest BCUT2D eigenvalue weighted by atomic mass is 19.3. The second kappa shape index (κ2) is 16.5. The van der Waals surface area contributed by atoms with E-state index in [1.54, 1.807) is 34.6 Å².